The largest absolute Gasteiger partial charge is 0.507 e. The van der Waals surface area contributed by atoms with Gasteiger partial charge in [0, 0.05) is 26.5 Å². The van der Waals surface area contributed by atoms with Crippen molar-refractivity contribution in [3.8, 4) is 0 Å². The normalized spacial score (nSPS) is 18.4. The van der Waals surface area contributed by atoms with E-state index < -0.39 is 17.7 Å². The van der Waals surface area contributed by atoms with Crippen LogP contribution in [0.4, 0.5) is 5.82 Å². The number of anilines is 1. The zero-order valence-corrected chi connectivity index (χ0v) is 19.9. The molecule has 0 bridgehead atoms. The highest BCUT2D eigenvalue weighted by Gasteiger charge is 2.49. The third-order valence-electron chi connectivity index (χ3n) is 5.25. The van der Waals surface area contributed by atoms with Crippen LogP contribution in [0.3, 0.4) is 0 Å². The number of hydrogen-bond acceptors (Lipinski definition) is 5. The van der Waals surface area contributed by atoms with Gasteiger partial charge in [-0.3, -0.25) is 14.5 Å². The van der Waals surface area contributed by atoms with Crippen molar-refractivity contribution in [3.63, 3.8) is 0 Å². The summed E-state index contributed by atoms with van der Waals surface area (Å²) in [5, 5.41) is 15.5. The molecule has 1 aliphatic heterocycles. The highest BCUT2D eigenvalue weighted by molar-refractivity contribution is 9.10. The van der Waals surface area contributed by atoms with Crippen LogP contribution >= 0.6 is 27.5 Å². The Kier molecular flexibility index (Phi) is 5.73. The highest BCUT2D eigenvalue weighted by atomic mass is 79.9. The van der Waals surface area contributed by atoms with Crippen LogP contribution in [0.25, 0.3) is 5.76 Å². The first kappa shape index (κ1) is 22.3. The van der Waals surface area contributed by atoms with Gasteiger partial charge >= 0.3 is 5.91 Å². The quantitative estimate of drug-likeness (QED) is 0.262. The Morgan fingerprint density at radius 1 is 1.12 bits per heavy atom. The van der Waals surface area contributed by atoms with Crippen molar-refractivity contribution in [1.82, 2.24) is 5.16 Å². The lowest BCUT2D eigenvalue weighted by molar-refractivity contribution is -0.132. The number of ketones is 1. The Morgan fingerprint density at radius 2 is 1.78 bits per heavy atom. The summed E-state index contributed by atoms with van der Waals surface area (Å²) in [6.45, 7) is 5.85. The summed E-state index contributed by atoms with van der Waals surface area (Å²) >= 11 is 9.82. The molecule has 1 aromatic heterocycles. The second-order valence-corrected chi connectivity index (χ2v) is 9.82. The molecule has 0 radical (unpaired) electrons. The predicted octanol–water partition coefficient (Wildman–Crippen LogP) is 6.01. The molecule has 8 heteroatoms. The molecule has 1 atom stereocenters. The van der Waals surface area contributed by atoms with Crippen LogP contribution in [-0.2, 0) is 15.0 Å². The van der Waals surface area contributed by atoms with E-state index >= 15 is 0 Å². The number of carbonyl (C=O) groups excluding carboxylic acids is 2. The summed E-state index contributed by atoms with van der Waals surface area (Å²) in [6.07, 6.45) is 0. The van der Waals surface area contributed by atoms with Crippen LogP contribution in [0.5, 0.6) is 0 Å². The van der Waals surface area contributed by atoms with Gasteiger partial charge in [0.2, 0.25) is 0 Å². The van der Waals surface area contributed by atoms with Crippen LogP contribution < -0.4 is 4.90 Å². The van der Waals surface area contributed by atoms with Crippen LogP contribution in [-0.4, -0.2) is 22.0 Å². The molecule has 1 N–H and O–H groups in total. The van der Waals surface area contributed by atoms with Crippen molar-refractivity contribution in [2.24, 2.45) is 0 Å². The van der Waals surface area contributed by atoms with Crippen molar-refractivity contribution < 1.29 is 19.2 Å². The number of benzene rings is 2. The zero-order chi connectivity index (χ0) is 23.2. The molecule has 1 aliphatic rings. The Balaban J connectivity index is 1.94. The van der Waals surface area contributed by atoms with Crippen molar-refractivity contribution >= 4 is 50.8 Å². The lowest BCUT2D eigenvalue weighted by atomic mass is 9.93. The Bertz CT molecular complexity index is 1240. The minimum Gasteiger partial charge on any atom is -0.507 e. The Morgan fingerprint density at radius 3 is 2.38 bits per heavy atom. The number of nitrogens with zero attached hydrogens (tertiary/aromatic N) is 2. The fraction of sp³-hybridized carbons (Fsp3) is 0.208. The molecule has 0 saturated carbocycles. The Labute approximate surface area is 198 Å². The van der Waals surface area contributed by atoms with E-state index in [1.165, 1.54) is 4.90 Å². The average Bonchev–Trinajstić information content (AvgIpc) is 3.32. The second-order valence-electron chi connectivity index (χ2n) is 8.50. The van der Waals surface area contributed by atoms with Crippen molar-refractivity contribution in [2.75, 3.05) is 4.90 Å². The summed E-state index contributed by atoms with van der Waals surface area (Å²) < 4.78 is 6.28. The molecule has 1 fully saturated rings. The van der Waals surface area contributed by atoms with E-state index in [4.69, 9.17) is 16.1 Å². The molecule has 4 rings (SSSR count). The smallest absolute Gasteiger partial charge is 0.301 e. The molecular weight excluding hydrogens is 496 g/mol. The van der Waals surface area contributed by atoms with Crippen molar-refractivity contribution in [1.29, 1.82) is 0 Å². The molecule has 6 nitrogen and oxygen atoms in total. The minimum absolute atomic E-state index is 0.0641. The van der Waals surface area contributed by atoms with Gasteiger partial charge in [-0.1, -0.05) is 83.8 Å². The number of rotatable bonds is 3. The van der Waals surface area contributed by atoms with Crippen molar-refractivity contribution in [2.45, 2.75) is 32.2 Å². The summed E-state index contributed by atoms with van der Waals surface area (Å²) in [7, 11) is 0. The molecule has 2 heterocycles. The van der Waals surface area contributed by atoms with Crippen LogP contribution in [0.2, 0.25) is 5.02 Å². The summed E-state index contributed by atoms with van der Waals surface area (Å²) in [5.74, 6) is -1.20. The van der Waals surface area contributed by atoms with E-state index in [9.17, 15) is 14.7 Å². The van der Waals surface area contributed by atoms with Gasteiger partial charge in [-0.05, 0) is 23.8 Å². The molecule has 2 aromatic carbocycles. The standard InChI is InChI=1S/C24H20BrClN2O4/c1-24(2,3)17-12-18(27-32-17)28-20(15-6-4-5-7-16(15)26)19(22(30)23(28)31)21(29)13-8-10-14(25)11-9-13/h4-12,20,29H,1-3H3/b21-19+/t20-/m0/s1. The number of aliphatic hydroxyl groups is 1. The molecule has 1 saturated heterocycles. The van der Waals surface area contributed by atoms with E-state index in [0.29, 0.717) is 21.9 Å². The maximum atomic E-state index is 13.2. The van der Waals surface area contributed by atoms with Gasteiger partial charge in [-0.25, -0.2) is 0 Å². The Hall–Kier alpha value is -2.90. The molecule has 0 aliphatic carbocycles. The van der Waals surface area contributed by atoms with Gasteiger partial charge in [-0.15, -0.1) is 0 Å². The number of hydrogen-bond donors (Lipinski definition) is 1. The maximum absolute atomic E-state index is 13.2. The van der Waals surface area contributed by atoms with Gasteiger partial charge in [0.25, 0.3) is 5.78 Å². The number of carbonyl (C=O) groups is 2. The van der Waals surface area contributed by atoms with Gasteiger partial charge in [0.05, 0.1) is 11.6 Å². The first-order chi connectivity index (χ1) is 15.1. The molecule has 3 aromatic rings. The van der Waals surface area contributed by atoms with Gasteiger partial charge in [0.1, 0.15) is 11.5 Å². The number of aromatic nitrogens is 1. The van der Waals surface area contributed by atoms with E-state index in [-0.39, 0.29) is 22.6 Å². The fourth-order valence-corrected chi connectivity index (χ4v) is 4.06. The van der Waals surface area contributed by atoms with E-state index in [0.717, 1.165) is 4.47 Å². The average molecular weight is 516 g/mol. The zero-order valence-electron chi connectivity index (χ0n) is 17.6. The van der Waals surface area contributed by atoms with Crippen molar-refractivity contribution in [3.05, 3.63) is 86.6 Å². The third-order valence-corrected chi connectivity index (χ3v) is 6.12. The number of halogens is 2. The van der Waals surface area contributed by atoms with E-state index in [1.54, 1.807) is 54.6 Å². The van der Waals surface area contributed by atoms with Gasteiger partial charge in [-0.2, -0.15) is 0 Å². The summed E-state index contributed by atoms with van der Waals surface area (Å²) in [6, 6.07) is 14.3. The maximum Gasteiger partial charge on any atom is 0.301 e. The lowest BCUT2D eigenvalue weighted by Gasteiger charge is -2.23. The van der Waals surface area contributed by atoms with Crippen LogP contribution in [0, 0.1) is 0 Å². The highest BCUT2D eigenvalue weighted by Crippen LogP contribution is 2.44. The SMILES string of the molecule is CC(C)(C)c1cc(N2C(=O)C(=O)/C(=C(/O)c3ccc(Br)cc3)[C@@H]2c2ccccc2Cl)no1. The van der Waals surface area contributed by atoms with E-state index in [1.807, 2.05) is 20.8 Å². The molecule has 164 valence electrons. The van der Waals surface area contributed by atoms with E-state index in [2.05, 4.69) is 21.1 Å². The fourth-order valence-electron chi connectivity index (χ4n) is 3.56. The molecule has 1 amide bonds. The second kappa shape index (κ2) is 8.22. The van der Waals surface area contributed by atoms with Crippen LogP contribution in [0.15, 0.2) is 69.2 Å². The lowest BCUT2D eigenvalue weighted by Crippen LogP contribution is -2.30. The molecule has 0 unspecified atom stereocenters. The summed E-state index contributed by atoms with van der Waals surface area (Å²) in [4.78, 5) is 27.5. The number of amides is 1. The van der Waals surface area contributed by atoms with Gasteiger partial charge < -0.3 is 9.63 Å². The number of Topliss-reactive ketones (excluding diaryl/α,β-unsaturated/α-hetero) is 1. The van der Waals surface area contributed by atoms with Gasteiger partial charge in [0.15, 0.2) is 5.82 Å². The monoisotopic (exact) mass is 514 g/mol. The topological polar surface area (TPSA) is 83.6 Å². The first-order valence-corrected chi connectivity index (χ1v) is 11.0. The van der Waals surface area contributed by atoms with Crippen LogP contribution in [0.1, 0.15) is 43.7 Å². The first-order valence-electron chi connectivity index (χ1n) is 9.88. The molecule has 0 spiro atoms. The summed E-state index contributed by atoms with van der Waals surface area (Å²) in [5.41, 5.74) is 0.479. The minimum atomic E-state index is -0.967. The number of aliphatic hydroxyl groups excluding tert-OH is 1. The molecular formula is C24H20BrClN2O4. The predicted molar refractivity (Wildman–Crippen MR) is 126 cm³/mol. The molecule has 32 heavy (non-hydrogen) atoms. The third kappa shape index (κ3) is 3.87.